The zero-order chi connectivity index (χ0) is 14.5. The van der Waals surface area contributed by atoms with Gasteiger partial charge in [0.25, 0.3) is 5.91 Å². The number of aliphatic carboxylic acids is 1. The van der Waals surface area contributed by atoms with E-state index in [1.807, 2.05) is 16.8 Å². The van der Waals surface area contributed by atoms with Gasteiger partial charge in [-0.05, 0) is 11.4 Å². The molecule has 0 aliphatic carbocycles. The number of amides is 1. The fourth-order valence-electron chi connectivity index (χ4n) is 1.45. The van der Waals surface area contributed by atoms with E-state index < -0.39 is 17.9 Å². The number of aromatic nitrogens is 1. The number of carboxylic acid groups (broad SMARTS) is 1. The molecule has 20 heavy (non-hydrogen) atoms. The molecule has 0 radical (unpaired) electrons. The number of terminal acetylenes is 1. The van der Waals surface area contributed by atoms with E-state index in [2.05, 4.69) is 16.2 Å². The van der Waals surface area contributed by atoms with Crippen molar-refractivity contribution in [3.8, 4) is 22.9 Å². The van der Waals surface area contributed by atoms with Crippen LogP contribution in [0.25, 0.3) is 10.6 Å². The van der Waals surface area contributed by atoms with Gasteiger partial charge in [-0.25, -0.2) is 9.78 Å². The fourth-order valence-corrected chi connectivity index (χ4v) is 2.96. The smallest absolute Gasteiger partial charge is 0.327 e. The van der Waals surface area contributed by atoms with Crippen LogP contribution in [0.3, 0.4) is 0 Å². The van der Waals surface area contributed by atoms with Crippen LogP contribution in [0.4, 0.5) is 0 Å². The first-order chi connectivity index (χ1) is 9.61. The average molecular weight is 306 g/mol. The zero-order valence-corrected chi connectivity index (χ0v) is 11.8. The van der Waals surface area contributed by atoms with Gasteiger partial charge in [-0.1, -0.05) is 0 Å². The standard InChI is InChI=1S/C13H10N2O3S2/c1-2-3-9(13(17)18)14-11(16)10-7-20-12(15-10)8-4-5-19-6-8/h1,4-7,9H,3H2,(H,14,16)(H,17,18). The predicted octanol–water partition coefficient (Wildman–Crippen LogP) is 2.08. The van der Waals surface area contributed by atoms with E-state index in [1.54, 1.807) is 5.38 Å². The van der Waals surface area contributed by atoms with Crippen LogP contribution < -0.4 is 5.32 Å². The van der Waals surface area contributed by atoms with Gasteiger partial charge in [0.05, 0.1) is 0 Å². The second-order valence-electron chi connectivity index (χ2n) is 3.82. The molecule has 2 rings (SSSR count). The number of thiophene rings is 1. The molecule has 0 aliphatic heterocycles. The summed E-state index contributed by atoms with van der Waals surface area (Å²) in [5.41, 5.74) is 1.14. The number of hydrogen-bond donors (Lipinski definition) is 2. The molecule has 0 saturated heterocycles. The molecule has 102 valence electrons. The van der Waals surface area contributed by atoms with Crippen molar-refractivity contribution in [1.29, 1.82) is 0 Å². The van der Waals surface area contributed by atoms with Crippen molar-refractivity contribution in [2.75, 3.05) is 0 Å². The Balaban J connectivity index is 2.10. The summed E-state index contributed by atoms with van der Waals surface area (Å²) in [4.78, 5) is 27.0. The molecule has 0 aromatic carbocycles. The van der Waals surface area contributed by atoms with Crippen LogP contribution in [0.5, 0.6) is 0 Å². The molecule has 5 nitrogen and oxygen atoms in total. The number of nitrogens with one attached hydrogen (secondary N) is 1. The zero-order valence-electron chi connectivity index (χ0n) is 10.2. The second-order valence-corrected chi connectivity index (χ2v) is 5.46. The summed E-state index contributed by atoms with van der Waals surface area (Å²) in [6, 6.07) is 0.808. The molecule has 2 aromatic rings. The molecule has 1 amide bonds. The molecule has 0 spiro atoms. The summed E-state index contributed by atoms with van der Waals surface area (Å²) in [7, 11) is 0. The average Bonchev–Trinajstić information content (AvgIpc) is 3.08. The Morgan fingerprint density at radius 2 is 2.30 bits per heavy atom. The molecule has 1 atom stereocenters. The van der Waals surface area contributed by atoms with Crippen LogP contribution in [0.1, 0.15) is 16.9 Å². The van der Waals surface area contributed by atoms with Crippen LogP contribution in [-0.4, -0.2) is 28.0 Å². The quantitative estimate of drug-likeness (QED) is 0.829. The first-order valence-corrected chi connectivity index (χ1v) is 7.39. The maximum Gasteiger partial charge on any atom is 0.327 e. The Hall–Kier alpha value is -2.17. The normalized spacial score (nSPS) is 11.6. The molecule has 0 bridgehead atoms. The first kappa shape index (κ1) is 14.2. The van der Waals surface area contributed by atoms with Crippen molar-refractivity contribution in [3.63, 3.8) is 0 Å². The third kappa shape index (κ3) is 3.23. The molecule has 0 saturated carbocycles. The van der Waals surface area contributed by atoms with Gasteiger partial charge in [0, 0.05) is 22.7 Å². The van der Waals surface area contributed by atoms with Gasteiger partial charge in [0.1, 0.15) is 16.7 Å². The highest BCUT2D eigenvalue weighted by atomic mass is 32.1. The summed E-state index contributed by atoms with van der Waals surface area (Å²) in [6.45, 7) is 0. The van der Waals surface area contributed by atoms with Crippen molar-refractivity contribution >= 4 is 34.6 Å². The molecule has 1 unspecified atom stereocenters. The highest BCUT2D eigenvalue weighted by Gasteiger charge is 2.21. The molecule has 0 fully saturated rings. The van der Waals surface area contributed by atoms with Crippen molar-refractivity contribution in [2.45, 2.75) is 12.5 Å². The lowest BCUT2D eigenvalue weighted by molar-refractivity contribution is -0.139. The minimum absolute atomic E-state index is 0.0669. The monoisotopic (exact) mass is 306 g/mol. The predicted molar refractivity (Wildman–Crippen MR) is 77.8 cm³/mol. The van der Waals surface area contributed by atoms with E-state index >= 15 is 0 Å². The third-order valence-corrected chi connectivity index (χ3v) is 4.00. The number of carbonyl (C=O) groups excluding carboxylic acids is 1. The summed E-state index contributed by atoms with van der Waals surface area (Å²) >= 11 is 2.87. The second kappa shape index (κ2) is 6.32. The number of thiazole rings is 1. The summed E-state index contributed by atoms with van der Waals surface area (Å²) in [5, 5.41) is 17.5. The highest BCUT2D eigenvalue weighted by molar-refractivity contribution is 7.14. The van der Waals surface area contributed by atoms with Gasteiger partial charge in [-0.2, -0.15) is 11.3 Å². The summed E-state index contributed by atoms with van der Waals surface area (Å²) in [5.74, 6) is 0.522. The largest absolute Gasteiger partial charge is 0.480 e. The van der Waals surface area contributed by atoms with E-state index in [4.69, 9.17) is 11.5 Å². The number of carbonyl (C=O) groups is 2. The Morgan fingerprint density at radius 3 is 2.90 bits per heavy atom. The Labute approximate surface area is 123 Å². The lowest BCUT2D eigenvalue weighted by Gasteiger charge is -2.10. The SMILES string of the molecule is C#CCC(NC(=O)c1csc(-c2ccsc2)n1)C(=O)O. The van der Waals surface area contributed by atoms with Crippen molar-refractivity contribution in [3.05, 3.63) is 27.9 Å². The van der Waals surface area contributed by atoms with Gasteiger partial charge < -0.3 is 10.4 Å². The van der Waals surface area contributed by atoms with Gasteiger partial charge in [-0.3, -0.25) is 4.79 Å². The van der Waals surface area contributed by atoms with Crippen molar-refractivity contribution in [1.82, 2.24) is 10.3 Å². The molecule has 7 heteroatoms. The number of hydrogen-bond acceptors (Lipinski definition) is 5. The minimum atomic E-state index is -1.16. The van der Waals surface area contributed by atoms with Gasteiger partial charge >= 0.3 is 5.97 Å². The number of nitrogens with zero attached hydrogens (tertiary/aromatic N) is 1. The highest BCUT2D eigenvalue weighted by Crippen LogP contribution is 2.25. The molecular weight excluding hydrogens is 296 g/mol. The fraction of sp³-hybridized carbons (Fsp3) is 0.154. The van der Waals surface area contributed by atoms with E-state index in [0.29, 0.717) is 0 Å². The van der Waals surface area contributed by atoms with Crippen molar-refractivity contribution < 1.29 is 14.7 Å². The van der Waals surface area contributed by atoms with E-state index in [1.165, 1.54) is 22.7 Å². The van der Waals surface area contributed by atoms with E-state index in [0.717, 1.165) is 10.6 Å². The number of carboxylic acids is 1. The Bertz CT molecular complexity index is 655. The van der Waals surface area contributed by atoms with Crippen LogP contribution >= 0.6 is 22.7 Å². The topological polar surface area (TPSA) is 79.3 Å². The number of rotatable bonds is 5. The molecule has 2 aromatic heterocycles. The maximum absolute atomic E-state index is 11.9. The third-order valence-electron chi connectivity index (χ3n) is 2.43. The minimum Gasteiger partial charge on any atom is -0.480 e. The van der Waals surface area contributed by atoms with Gasteiger partial charge in [-0.15, -0.1) is 23.7 Å². The summed E-state index contributed by atoms with van der Waals surface area (Å²) < 4.78 is 0. The van der Waals surface area contributed by atoms with Crippen LogP contribution in [0.15, 0.2) is 22.2 Å². The lowest BCUT2D eigenvalue weighted by atomic mass is 10.2. The maximum atomic E-state index is 11.9. The molecule has 2 heterocycles. The lowest BCUT2D eigenvalue weighted by Crippen LogP contribution is -2.40. The Morgan fingerprint density at radius 1 is 1.50 bits per heavy atom. The van der Waals surface area contributed by atoms with E-state index in [-0.39, 0.29) is 12.1 Å². The summed E-state index contributed by atoms with van der Waals surface area (Å²) in [6.07, 6.45) is 5.01. The van der Waals surface area contributed by atoms with Crippen LogP contribution in [0, 0.1) is 12.3 Å². The molecular formula is C13H10N2O3S2. The van der Waals surface area contributed by atoms with Gasteiger partial charge in [0.15, 0.2) is 0 Å². The first-order valence-electron chi connectivity index (χ1n) is 5.57. The van der Waals surface area contributed by atoms with Crippen LogP contribution in [0.2, 0.25) is 0 Å². The Kier molecular flexibility index (Phi) is 4.50. The molecule has 2 N–H and O–H groups in total. The van der Waals surface area contributed by atoms with E-state index in [9.17, 15) is 9.59 Å². The van der Waals surface area contributed by atoms with Crippen LogP contribution in [-0.2, 0) is 4.79 Å². The van der Waals surface area contributed by atoms with Crippen molar-refractivity contribution in [2.24, 2.45) is 0 Å². The van der Waals surface area contributed by atoms with Gasteiger partial charge in [0.2, 0.25) is 0 Å². The molecule has 0 aliphatic rings.